The van der Waals surface area contributed by atoms with E-state index in [1.807, 2.05) is 6.07 Å². The number of benzene rings is 3. The van der Waals surface area contributed by atoms with Crippen molar-refractivity contribution in [3.63, 3.8) is 0 Å². The molecule has 0 unspecified atom stereocenters. The molecule has 3 aromatic carbocycles. The van der Waals surface area contributed by atoms with Crippen molar-refractivity contribution in [3.8, 4) is 11.3 Å². The molecule has 4 aromatic rings. The van der Waals surface area contributed by atoms with Crippen molar-refractivity contribution < 1.29 is 0 Å². The number of hydrogen-bond donors (Lipinski definition) is 0. The second-order valence-electron chi connectivity index (χ2n) is 7.89. The smallest absolute Gasteiger partial charge is 0.0710 e. The quantitative estimate of drug-likeness (QED) is 0.381. The molecule has 1 nitrogen and oxygen atoms in total. The van der Waals surface area contributed by atoms with Gasteiger partial charge < -0.3 is 0 Å². The largest absolute Gasteiger partial charge is 0.248 e. The van der Waals surface area contributed by atoms with Crippen LogP contribution in [0.1, 0.15) is 31.9 Å². The van der Waals surface area contributed by atoms with Gasteiger partial charge >= 0.3 is 0 Å². The van der Waals surface area contributed by atoms with Gasteiger partial charge in [0, 0.05) is 10.9 Å². The minimum atomic E-state index is 0.0822. The number of para-hydroxylation sites is 1. The summed E-state index contributed by atoms with van der Waals surface area (Å²) in [7, 11) is 0. The molecule has 0 radical (unpaired) electrons. The van der Waals surface area contributed by atoms with Crippen LogP contribution in [-0.2, 0) is 5.41 Å². The molecule has 0 bridgehead atoms. The highest BCUT2D eigenvalue weighted by molar-refractivity contribution is 5.92. The van der Waals surface area contributed by atoms with Crippen LogP contribution in [-0.4, -0.2) is 4.98 Å². The summed E-state index contributed by atoms with van der Waals surface area (Å²) in [5, 5.41) is 3.80. The van der Waals surface area contributed by atoms with E-state index in [1.54, 1.807) is 0 Å². The number of rotatable bonds is 1. The zero-order valence-corrected chi connectivity index (χ0v) is 15.3. The van der Waals surface area contributed by atoms with E-state index >= 15 is 0 Å². The maximum absolute atomic E-state index is 4.89. The zero-order valence-electron chi connectivity index (χ0n) is 15.3. The molecule has 0 aliphatic heterocycles. The van der Waals surface area contributed by atoms with E-state index in [0.717, 1.165) is 11.2 Å². The lowest BCUT2D eigenvalue weighted by molar-refractivity contribution is 0.596. The van der Waals surface area contributed by atoms with Crippen LogP contribution in [0, 0.1) is 6.92 Å². The topological polar surface area (TPSA) is 12.9 Å². The summed E-state index contributed by atoms with van der Waals surface area (Å²) < 4.78 is 0. The fourth-order valence-electron chi connectivity index (χ4n) is 3.47. The van der Waals surface area contributed by atoms with Crippen LogP contribution in [0.2, 0.25) is 0 Å². The number of nitrogens with zero attached hydrogens (tertiary/aromatic N) is 1. The molecule has 25 heavy (non-hydrogen) atoms. The summed E-state index contributed by atoms with van der Waals surface area (Å²) in [6.07, 6.45) is 0. The Morgan fingerprint density at radius 3 is 2.32 bits per heavy atom. The first-order valence-corrected chi connectivity index (χ1v) is 8.83. The highest BCUT2D eigenvalue weighted by Crippen LogP contribution is 2.35. The molecule has 0 fully saturated rings. The van der Waals surface area contributed by atoms with Gasteiger partial charge in [-0.2, -0.15) is 0 Å². The Hall–Kier alpha value is -2.67. The van der Waals surface area contributed by atoms with Crippen molar-refractivity contribution in [2.45, 2.75) is 33.1 Å². The van der Waals surface area contributed by atoms with Gasteiger partial charge in [-0.25, -0.2) is 4.98 Å². The fraction of sp³-hybridized carbons (Fsp3) is 0.208. The first-order valence-electron chi connectivity index (χ1n) is 8.83. The van der Waals surface area contributed by atoms with Crippen molar-refractivity contribution in [3.05, 3.63) is 77.9 Å². The second-order valence-corrected chi connectivity index (χ2v) is 7.89. The minimum absolute atomic E-state index is 0.0822. The van der Waals surface area contributed by atoms with Gasteiger partial charge in [0.05, 0.1) is 11.2 Å². The third kappa shape index (κ3) is 2.91. The predicted molar refractivity (Wildman–Crippen MR) is 108 cm³/mol. The summed E-state index contributed by atoms with van der Waals surface area (Å²) in [5.41, 5.74) is 6.02. The van der Waals surface area contributed by atoms with Gasteiger partial charge in [-0.05, 0) is 52.9 Å². The highest BCUT2D eigenvalue weighted by Gasteiger charge is 2.18. The summed E-state index contributed by atoms with van der Waals surface area (Å²) >= 11 is 0. The Balaban J connectivity index is 1.99. The molecule has 0 saturated carbocycles. The van der Waals surface area contributed by atoms with Crippen molar-refractivity contribution in [1.82, 2.24) is 4.98 Å². The van der Waals surface area contributed by atoms with Crippen LogP contribution in [0.15, 0.2) is 66.7 Å². The Bertz CT molecular complexity index is 1080. The first kappa shape index (κ1) is 15.8. The molecule has 0 aliphatic carbocycles. The molecular formula is C24H23N. The average Bonchev–Trinajstić information content (AvgIpc) is 2.59. The molecule has 0 atom stereocenters. The lowest BCUT2D eigenvalue weighted by Gasteiger charge is -2.23. The van der Waals surface area contributed by atoms with Gasteiger partial charge in [-0.1, -0.05) is 68.8 Å². The SMILES string of the molecule is Cc1ccc2cc(-c3ccc4ccccc4n3)cc(C(C)(C)C)c2c1. The Kier molecular flexibility index (Phi) is 3.61. The van der Waals surface area contributed by atoms with Crippen LogP contribution in [0.25, 0.3) is 32.9 Å². The molecule has 4 rings (SSSR count). The monoisotopic (exact) mass is 325 g/mol. The maximum Gasteiger partial charge on any atom is 0.0710 e. The molecule has 0 amide bonds. The number of pyridine rings is 1. The van der Waals surface area contributed by atoms with Gasteiger partial charge in [0.2, 0.25) is 0 Å². The molecule has 1 heterocycles. The highest BCUT2D eigenvalue weighted by atomic mass is 14.7. The minimum Gasteiger partial charge on any atom is -0.248 e. The van der Waals surface area contributed by atoms with Gasteiger partial charge in [0.15, 0.2) is 0 Å². The van der Waals surface area contributed by atoms with Gasteiger partial charge in [0.25, 0.3) is 0 Å². The maximum atomic E-state index is 4.89. The number of aryl methyl sites for hydroxylation is 1. The van der Waals surface area contributed by atoms with Gasteiger partial charge in [0.1, 0.15) is 0 Å². The van der Waals surface area contributed by atoms with E-state index in [0.29, 0.717) is 0 Å². The lowest BCUT2D eigenvalue weighted by Crippen LogP contribution is -2.12. The molecule has 1 heteroatoms. The van der Waals surface area contributed by atoms with Crippen molar-refractivity contribution in [2.75, 3.05) is 0 Å². The second kappa shape index (κ2) is 5.70. The first-order chi connectivity index (χ1) is 11.9. The lowest BCUT2D eigenvalue weighted by atomic mass is 9.82. The van der Waals surface area contributed by atoms with E-state index in [9.17, 15) is 0 Å². The molecule has 1 aromatic heterocycles. The molecular weight excluding hydrogens is 302 g/mol. The standard InChI is InChI=1S/C24H23N/c1-16-9-10-18-14-19(15-21(20(18)13-16)24(2,3)4)23-12-11-17-7-5-6-8-22(17)25-23/h5-15H,1-4H3. The van der Waals surface area contributed by atoms with Crippen LogP contribution in [0.5, 0.6) is 0 Å². The van der Waals surface area contributed by atoms with Crippen LogP contribution in [0.4, 0.5) is 0 Å². The summed E-state index contributed by atoms with van der Waals surface area (Å²) in [5.74, 6) is 0. The molecule has 0 saturated heterocycles. The summed E-state index contributed by atoms with van der Waals surface area (Å²) in [6, 6.07) is 23.9. The van der Waals surface area contributed by atoms with Gasteiger partial charge in [-0.3, -0.25) is 0 Å². The van der Waals surface area contributed by atoms with Crippen LogP contribution >= 0.6 is 0 Å². The number of hydrogen-bond acceptors (Lipinski definition) is 1. The normalized spacial score (nSPS) is 12.0. The van der Waals surface area contributed by atoms with E-state index in [1.165, 1.54) is 32.8 Å². The van der Waals surface area contributed by atoms with Gasteiger partial charge in [-0.15, -0.1) is 0 Å². The molecule has 0 aliphatic rings. The van der Waals surface area contributed by atoms with Crippen molar-refractivity contribution >= 4 is 21.7 Å². The van der Waals surface area contributed by atoms with Crippen LogP contribution in [0.3, 0.4) is 0 Å². The van der Waals surface area contributed by atoms with Crippen LogP contribution < -0.4 is 0 Å². The van der Waals surface area contributed by atoms with E-state index < -0.39 is 0 Å². The third-order valence-corrected chi connectivity index (χ3v) is 4.81. The zero-order chi connectivity index (χ0) is 17.6. The third-order valence-electron chi connectivity index (χ3n) is 4.81. The molecule has 124 valence electrons. The Labute approximate surface area is 149 Å². The van der Waals surface area contributed by atoms with E-state index in [4.69, 9.17) is 4.98 Å². The van der Waals surface area contributed by atoms with Crippen molar-refractivity contribution in [1.29, 1.82) is 0 Å². The predicted octanol–water partition coefficient (Wildman–Crippen LogP) is 6.66. The summed E-state index contributed by atoms with van der Waals surface area (Å²) in [6.45, 7) is 9.00. The Morgan fingerprint density at radius 2 is 1.52 bits per heavy atom. The van der Waals surface area contributed by atoms with E-state index in [2.05, 4.69) is 88.4 Å². The number of fused-ring (bicyclic) bond motifs is 2. The Morgan fingerprint density at radius 1 is 0.760 bits per heavy atom. The number of aromatic nitrogens is 1. The molecule has 0 N–H and O–H groups in total. The summed E-state index contributed by atoms with van der Waals surface area (Å²) in [4.78, 5) is 4.89. The average molecular weight is 325 g/mol. The molecule has 0 spiro atoms. The fourth-order valence-corrected chi connectivity index (χ4v) is 3.47. The van der Waals surface area contributed by atoms with Crippen molar-refractivity contribution in [2.24, 2.45) is 0 Å². The van der Waals surface area contributed by atoms with E-state index in [-0.39, 0.29) is 5.41 Å².